The third kappa shape index (κ3) is 4.92. The van der Waals surface area contributed by atoms with E-state index < -0.39 is 5.97 Å². The van der Waals surface area contributed by atoms with Crippen LogP contribution in [0.3, 0.4) is 0 Å². The lowest BCUT2D eigenvalue weighted by atomic mass is 10.1. The van der Waals surface area contributed by atoms with Crippen LogP contribution in [0, 0.1) is 0 Å². The number of amides is 1. The van der Waals surface area contributed by atoms with Gasteiger partial charge in [-0.05, 0) is 30.0 Å². The van der Waals surface area contributed by atoms with Gasteiger partial charge >= 0.3 is 5.97 Å². The fourth-order valence-electron chi connectivity index (χ4n) is 2.14. The number of thioether (sulfide) groups is 1. The van der Waals surface area contributed by atoms with Crippen LogP contribution >= 0.6 is 24.0 Å². The molecule has 1 saturated heterocycles. The van der Waals surface area contributed by atoms with Crippen LogP contribution in [0.5, 0.6) is 0 Å². The number of carbonyl (C=O) groups excluding carboxylic acids is 2. The highest BCUT2D eigenvalue weighted by Crippen LogP contribution is 2.32. The number of hydrogen-bond donors (Lipinski definition) is 0. The molecule has 0 saturated carbocycles. The second-order valence-corrected chi connectivity index (χ2v) is 7.11. The summed E-state index contributed by atoms with van der Waals surface area (Å²) in [5.41, 5.74) is 2.19. The van der Waals surface area contributed by atoms with Crippen LogP contribution in [0.1, 0.15) is 37.8 Å². The molecule has 0 spiro atoms. The van der Waals surface area contributed by atoms with E-state index in [2.05, 4.69) is 6.92 Å². The first-order valence-corrected chi connectivity index (χ1v) is 9.27. The van der Waals surface area contributed by atoms with Crippen LogP contribution in [0.4, 0.5) is 0 Å². The first-order chi connectivity index (χ1) is 11.5. The zero-order valence-electron chi connectivity index (χ0n) is 13.9. The molecule has 4 nitrogen and oxygen atoms in total. The van der Waals surface area contributed by atoms with E-state index in [-0.39, 0.29) is 12.5 Å². The van der Waals surface area contributed by atoms with E-state index >= 15 is 0 Å². The lowest BCUT2D eigenvalue weighted by molar-refractivity contribution is -0.146. The first-order valence-electron chi connectivity index (χ1n) is 8.05. The van der Waals surface area contributed by atoms with Crippen LogP contribution < -0.4 is 0 Å². The maximum atomic E-state index is 12.5. The number of rotatable bonds is 7. The molecular formula is C18H21NO3S2. The van der Waals surface area contributed by atoms with Gasteiger partial charge in [-0.25, -0.2) is 0 Å². The number of carbonyl (C=O) groups is 2. The van der Waals surface area contributed by atoms with E-state index in [0.29, 0.717) is 15.8 Å². The van der Waals surface area contributed by atoms with E-state index in [1.54, 1.807) is 6.08 Å². The van der Waals surface area contributed by atoms with Gasteiger partial charge in [0.1, 0.15) is 10.9 Å². The Balaban J connectivity index is 2.02. The lowest BCUT2D eigenvalue weighted by Crippen LogP contribution is -2.34. The molecule has 6 heteroatoms. The molecule has 2 rings (SSSR count). The molecule has 0 aliphatic carbocycles. The number of benzene rings is 1. The molecule has 0 unspecified atom stereocenters. The summed E-state index contributed by atoms with van der Waals surface area (Å²) < 4.78 is 5.49. The second kappa shape index (κ2) is 8.99. The smallest absolute Gasteiger partial charge is 0.326 e. The fourth-order valence-corrected chi connectivity index (χ4v) is 3.40. The Hall–Kier alpha value is -1.66. The van der Waals surface area contributed by atoms with Gasteiger partial charge in [0.05, 0.1) is 11.5 Å². The van der Waals surface area contributed by atoms with E-state index in [4.69, 9.17) is 17.0 Å². The van der Waals surface area contributed by atoms with E-state index in [0.717, 1.165) is 24.8 Å². The Kier molecular flexibility index (Phi) is 6.99. The fraction of sp³-hybridized carbons (Fsp3) is 0.389. The molecule has 1 aliphatic rings. The van der Waals surface area contributed by atoms with Crippen molar-refractivity contribution >= 4 is 46.3 Å². The van der Waals surface area contributed by atoms with E-state index in [1.807, 2.05) is 31.2 Å². The molecule has 1 heterocycles. The Bertz CT molecular complexity index is 653. The summed E-state index contributed by atoms with van der Waals surface area (Å²) in [6.07, 6.45) is 4.55. The minimum atomic E-state index is -0.423. The van der Waals surface area contributed by atoms with Crippen molar-refractivity contribution in [1.82, 2.24) is 4.90 Å². The van der Waals surface area contributed by atoms with Gasteiger partial charge in [0.15, 0.2) is 0 Å². The average Bonchev–Trinajstić information content (AvgIpc) is 2.83. The highest BCUT2D eigenvalue weighted by molar-refractivity contribution is 8.26. The number of thiocarbonyl (C=S) groups is 1. The number of hydrogen-bond acceptors (Lipinski definition) is 5. The quantitative estimate of drug-likeness (QED) is 0.319. The van der Waals surface area contributed by atoms with E-state index in [9.17, 15) is 9.59 Å². The van der Waals surface area contributed by atoms with Crippen molar-refractivity contribution in [2.45, 2.75) is 33.1 Å². The predicted molar refractivity (Wildman–Crippen MR) is 102 cm³/mol. The van der Waals surface area contributed by atoms with Crippen molar-refractivity contribution in [2.75, 3.05) is 13.2 Å². The molecular weight excluding hydrogens is 342 g/mol. The summed E-state index contributed by atoms with van der Waals surface area (Å²) in [6, 6.07) is 8.03. The number of ether oxygens (including phenoxy) is 1. The maximum Gasteiger partial charge on any atom is 0.326 e. The molecule has 1 amide bonds. The summed E-state index contributed by atoms with van der Waals surface area (Å²) in [4.78, 5) is 26.1. The molecule has 0 atom stereocenters. The molecule has 0 aromatic heterocycles. The standard InChI is InChI=1S/C18H21NO3S2/c1-3-5-10-22-16(20)12-19-17(21)15(24-18(19)23)11-14-8-6-13(4-2)7-9-14/h6-9,11H,3-5,10,12H2,1-2H3/b15-11-. The summed E-state index contributed by atoms with van der Waals surface area (Å²) in [7, 11) is 0. The first kappa shape index (κ1) is 18.7. The van der Waals surface area contributed by atoms with Crippen molar-refractivity contribution < 1.29 is 14.3 Å². The van der Waals surface area contributed by atoms with Crippen LogP contribution in [-0.4, -0.2) is 34.2 Å². The van der Waals surface area contributed by atoms with Crippen LogP contribution in [0.2, 0.25) is 0 Å². The van der Waals surface area contributed by atoms with Gasteiger partial charge in [-0.15, -0.1) is 0 Å². The normalized spacial score (nSPS) is 16.1. The Labute approximate surface area is 152 Å². The van der Waals surface area contributed by atoms with Crippen molar-refractivity contribution in [3.8, 4) is 0 Å². The van der Waals surface area contributed by atoms with Gasteiger partial charge < -0.3 is 4.74 Å². The average molecular weight is 364 g/mol. The Morgan fingerprint density at radius 3 is 2.62 bits per heavy atom. The van der Waals surface area contributed by atoms with Gasteiger partial charge in [0.2, 0.25) is 0 Å². The maximum absolute atomic E-state index is 12.5. The highest BCUT2D eigenvalue weighted by atomic mass is 32.2. The van der Waals surface area contributed by atoms with Gasteiger partial charge in [0.25, 0.3) is 5.91 Å². The summed E-state index contributed by atoms with van der Waals surface area (Å²) in [5, 5.41) is 0. The summed E-state index contributed by atoms with van der Waals surface area (Å²) in [5.74, 6) is -0.662. The Morgan fingerprint density at radius 1 is 1.29 bits per heavy atom. The van der Waals surface area contributed by atoms with Gasteiger partial charge in [-0.3, -0.25) is 14.5 Å². The topological polar surface area (TPSA) is 46.6 Å². The molecule has 1 aromatic carbocycles. The molecule has 24 heavy (non-hydrogen) atoms. The van der Waals surface area contributed by atoms with E-state index in [1.165, 1.54) is 22.2 Å². The van der Waals surface area contributed by atoms with Crippen LogP contribution in [0.25, 0.3) is 6.08 Å². The number of unbranched alkanes of at least 4 members (excludes halogenated alkanes) is 1. The summed E-state index contributed by atoms with van der Waals surface area (Å²) in [6.45, 7) is 4.37. The Morgan fingerprint density at radius 2 is 2.00 bits per heavy atom. The number of esters is 1. The highest BCUT2D eigenvalue weighted by Gasteiger charge is 2.33. The summed E-state index contributed by atoms with van der Waals surface area (Å²) >= 11 is 6.44. The largest absolute Gasteiger partial charge is 0.464 e. The number of aryl methyl sites for hydroxylation is 1. The number of nitrogens with zero attached hydrogens (tertiary/aromatic N) is 1. The molecule has 0 radical (unpaired) electrons. The monoisotopic (exact) mass is 363 g/mol. The van der Waals surface area contributed by atoms with Crippen molar-refractivity contribution in [3.05, 3.63) is 40.3 Å². The molecule has 1 fully saturated rings. The molecule has 128 valence electrons. The van der Waals surface area contributed by atoms with Crippen molar-refractivity contribution in [3.63, 3.8) is 0 Å². The van der Waals surface area contributed by atoms with Gasteiger partial charge in [-0.1, -0.05) is 68.5 Å². The zero-order valence-corrected chi connectivity index (χ0v) is 15.5. The van der Waals surface area contributed by atoms with Gasteiger partial charge in [-0.2, -0.15) is 0 Å². The molecule has 0 N–H and O–H groups in total. The third-order valence-electron chi connectivity index (χ3n) is 3.61. The predicted octanol–water partition coefficient (Wildman–Crippen LogP) is 3.79. The third-order valence-corrected chi connectivity index (χ3v) is 4.99. The lowest BCUT2D eigenvalue weighted by Gasteiger charge is -2.13. The minimum absolute atomic E-state index is 0.125. The minimum Gasteiger partial charge on any atom is -0.464 e. The van der Waals surface area contributed by atoms with Gasteiger partial charge in [0, 0.05) is 0 Å². The van der Waals surface area contributed by atoms with Crippen molar-refractivity contribution in [2.24, 2.45) is 0 Å². The van der Waals surface area contributed by atoms with Crippen molar-refractivity contribution in [1.29, 1.82) is 0 Å². The second-order valence-electron chi connectivity index (χ2n) is 5.44. The van der Waals surface area contributed by atoms with Crippen LogP contribution in [-0.2, 0) is 20.7 Å². The SMILES string of the molecule is CCCCOC(=O)CN1C(=O)/C(=C/c2ccc(CC)cc2)SC1=S. The molecule has 1 aromatic rings. The molecule has 1 aliphatic heterocycles. The zero-order chi connectivity index (χ0) is 17.5. The van der Waals surface area contributed by atoms with Crippen LogP contribution in [0.15, 0.2) is 29.2 Å². The molecule has 0 bridgehead atoms.